The fourth-order valence-corrected chi connectivity index (χ4v) is 2.36. The van der Waals surface area contributed by atoms with Gasteiger partial charge in [0.2, 0.25) is 0 Å². The summed E-state index contributed by atoms with van der Waals surface area (Å²) in [5.41, 5.74) is 7.04. The molecule has 1 amide bonds. The van der Waals surface area contributed by atoms with Gasteiger partial charge in [-0.15, -0.1) is 0 Å². The SMILES string of the molecule is NCc1cc(C(=O)N2CCCCCCC2)ccn1. The van der Waals surface area contributed by atoms with E-state index in [-0.39, 0.29) is 5.91 Å². The number of hydrogen-bond acceptors (Lipinski definition) is 3. The van der Waals surface area contributed by atoms with Crippen molar-refractivity contribution in [1.82, 2.24) is 9.88 Å². The van der Waals surface area contributed by atoms with Crippen LogP contribution in [0.3, 0.4) is 0 Å². The van der Waals surface area contributed by atoms with Gasteiger partial charge in [0.05, 0.1) is 5.69 Å². The molecule has 2 N–H and O–H groups in total. The zero-order valence-electron chi connectivity index (χ0n) is 10.8. The van der Waals surface area contributed by atoms with E-state index in [0.29, 0.717) is 12.1 Å². The van der Waals surface area contributed by atoms with Gasteiger partial charge in [0.1, 0.15) is 0 Å². The summed E-state index contributed by atoms with van der Waals surface area (Å²) in [7, 11) is 0. The Morgan fingerprint density at radius 3 is 2.56 bits per heavy atom. The van der Waals surface area contributed by atoms with E-state index in [4.69, 9.17) is 5.73 Å². The molecule has 2 heterocycles. The molecule has 0 bridgehead atoms. The maximum Gasteiger partial charge on any atom is 0.253 e. The van der Waals surface area contributed by atoms with Gasteiger partial charge < -0.3 is 10.6 Å². The predicted octanol–water partition coefficient (Wildman–Crippen LogP) is 1.95. The normalized spacial score (nSPS) is 17.1. The van der Waals surface area contributed by atoms with Gasteiger partial charge in [-0.25, -0.2) is 0 Å². The van der Waals surface area contributed by atoms with Crippen LogP contribution in [0.2, 0.25) is 0 Å². The van der Waals surface area contributed by atoms with E-state index in [0.717, 1.165) is 31.6 Å². The minimum atomic E-state index is 0.119. The van der Waals surface area contributed by atoms with Crippen molar-refractivity contribution < 1.29 is 4.79 Å². The molecule has 0 atom stereocenters. The largest absolute Gasteiger partial charge is 0.339 e. The molecule has 1 aromatic rings. The Balaban J connectivity index is 2.08. The topological polar surface area (TPSA) is 59.2 Å². The summed E-state index contributed by atoms with van der Waals surface area (Å²) in [6.07, 6.45) is 7.65. The highest BCUT2D eigenvalue weighted by atomic mass is 16.2. The molecule has 1 fully saturated rings. The van der Waals surface area contributed by atoms with Crippen LogP contribution in [0.15, 0.2) is 18.3 Å². The molecule has 0 radical (unpaired) electrons. The van der Waals surface area contributed by atoms with Crippen LogP contribution < -0.4 is 5.73 Å². The van der Waals surface area contributed by atoms with Gasteiger partial charge >= 0.3 is 0 Å². The molecule has 1 aliphatic heterocycles. The Morgan fingerprint density at radius 1 is 1.22 bits per heavy atom. The third-order valence-electron chi connectivity index (χ3n) is 3.42. The van der Waals surface area contributed by atoms with Crippen LogP contribution in [-0.2, 0) is 6.54 Å². The molecule has 4 heteroatoms. The first-order valence-corrected chi connectivity index (χ1v) is 6.75. The minimum Gasteiger partial charge on any atom is -0.339 e. The maximum absolute atomic E-state index is 12.4. The molecule has 1 saturated heterocycles. The van der Waals surface area contributed by atoms with E-state index in [9.17, 15) is 4.79 Å². The first-order chi connectivity index (χ1) is 8.81. The molecule has 1 aromatic heterocycles. The number of carbonyl (C=O) groups excluding carboxylic acids is 1. The van der Waals surface area contributed by atoms with Gasteiger partial charge in [-0.2, -0.15) is 0 Å². The smallest absolute Gasteiger partial charge is 0.253 e. The number of pyridine rings is 1. The van der Waals surface area contributed by atoms with E-state index in [1.807, 2.05) is 4.90 Å². The molecular weight excluding hydrogens is 226 g/mol. The average molecular weight is 247 g/mol. The van der Waals surface area contributed by atoms with Gasteiger partial charge in [0.15, 0.2) is 0 Å². The fourth-order valence-electron chi connectivity index (χ4n) is 2.36. The lowest BCUT2D eigenvalue weighted by molar-refractivity contribution is 0.0742. The van der Waals surface area contributed by atoms with Gasteiger partial charge in [0.25, 0.3) is 5.91 Å². The molecule has 0 aromatic carbocycles. The molecule has 4 nitrogen and oxygen atoms in total. The van der Waals surface area contributed by atoms with Gasteiger partial charge in [-0.1, -0.05) is 19.3 Å². The second-order valence-corrected chi connectivity index (χ2v) is 4.80. The molecule has 0 saturated carbocycles. The lowest BCUT2D eigenvalue weighted by Crippen LogP contribution is -2.33. The van der Waals surface area contributed by atoms with Gasteiger partial charge in [0, 0.05) is 31.4 Å². The lowest BCUT2D eigenvalue weighted by Gasteiger charge is -2.24. The monoisotopic (exact) mass is 247 g/mol. The van der Waals surface area contributed by atoms with Crippen molar-refractivity contribution in [2.75, 3.05) is 13.1 Å². The number of amides is 1. The van der Waals surface area contributed by atoms with Crippen LogP contribution in [0.25, 0.3) is 0 Å². The summed E-state index contributed by atoms with van der Waals surface area (Å²) in [6.45, 7) is 2.12. The van der Waals surface area contributed by atoms with Crippen LogP contribution in [0.5, 0.6) is 0 Å². The third-order valence-corrected chi connectivity index (χ3v) is 3.42. The van der Waals surface area contributed by atoms with Crippen molar-refractivity contribution in [3.63, 3.8) is 0 Å². The van der Waals surface area contributed by atoms with Crippen molar-refractivity contribution in [1.29, 1.82) is 0 Å². The number of nitrogens with two attached hydrogens (primary N) is 1. The van der Waals surface area contributed by atoms with Crippen molar-refractivity contribution in [3.05, 3.63) is 29.6 Å². The summed E-state index contributed by atoms with van der Waals surface area (Å²) in [5.74, 6) is 0.119. The second kappa shape index (κ2) is 6.50. The van der Waals surface area contributed by atoms with Crippen LogP contribution in [0, 0.1) is 0 Å². The first kappa shape index (κ1) is 13.0. The first-order valence-electron chi connectivity index (χ1n) is 6.75. The number of nitrogens with zero attached hydrogens (tertiary/aromatic N) is 2. The molecule has 2 rings (SSSR count). The molecule has 0 unspecified atom stereocenters. The van der Waals surface area contributed by atoms with Gasteiger partial charge in [-0.3, -0.25) is 9.78 Å². The van der Waals surface area contributed by atoms with Crippen LogP contribution in [-0.4, -0.2) is 28.9 Å². The number of carbonyl (C=O) groups is 1. The summed E-state index contributed by atoms with van der Waals surface area (Å²) >= 11 is 0. The molecule has 18 heavy (non-hydrogen) atoms. The highest BCUT2D eigenvalue weighted by Gasteiger charge is 2.16. The third kappa shape index (κ3) is 3.29. The van der Waals surface area contributed by atoms with E-state index in [1.54, 1.807) is 18.3 Å². The zero-order chi connectivity index (χ0) is 12.8. The number of rotatable bonds is 2. The van der Waals surface area contributed by atoms with Crippen LogP contribution in [0.1, 0.15) is 48.2 Å². The van der Waals surface area contributed by atoms with E-state index in [2.05, 4.69) is 4.98 Å². The van der Waals surface area contributed by atoms with Crippen LogP contribution >= 0.6 is 0 Å². The number of hydrogen-bond donors (Lipinski definition) is 1. The minimum absolute atomic E-state index is 0.119. The van der Waals surface area contributed by atoms with Crippen molar-refractivity contribution in [2.45, 2.75) is 38.6 Å². The predicted molar refractivity (Wildman–Crippen MR) is 71.1 cm³/mol. The summed E-state index contributed by atoms with van der Waals surface area (Å²) in [4.78, 5) is 18.5. The fraction of sp³-hybridized carbons (Fsp3) is 0.571. The Labute approximate surface area is 108 Å². The van der Waals surface area contributed by atoms with E-state index >= 15 is 0 Å². The summed E-state index contributed by atoms with van der Waals surface area (Å²) < 4.78 is 0. The highest BCUT2D eigenvalue weighted by molar-refractivity contribution is 5.94. The van der Waals surface area contributed by atoms with Crippen LogP contribution in [0.4, 0.5) is 0 Å². The summed E-state index contributed by atoms with van der Waals surface area (Å²) in [5, 5.41) is 0. The highest BCUT2D eigenvalue weighted by Crippen LogP contribution is 2.13. The van der Waals surface area contributed by atoms with Gasteiger partial charge in [-0.05, 0) is 25.0 Å². The molecular formula is C14H21N3O. The quantitative estimate of drug-likeness (QED) is 0.869. The number of aromatic nitrogens is 1. The van der Waals surface area contributed by atoms with E-state index in [1.165, 1.54) is 19.3 Å². The number of likely N-dealkylation sites (tertiary alicyclic amines) is 1. The maximum atomic E-state index is 12.4. The lowest BCUT2D eigenvalue weighted by atomic mass is 10.1. The molecule has 0 aliphatic carbocycles. The van der Waals surface area contributed by atoms with Crippen molar-refractivity contribution >= 4 is 5.91 Å². The van der Waals surface area contributed by atoms with Crippen molar-refractivity contribution in [3.8, 4) is 0 Å². The van der Waals surface area contributed by atoms with E-state index < -0.39 is 0 Å². The average Bonchev–Trinajstić information content (AvgIpc) is 2.38. The Bertz CT molecular complexity index is 398. The van der Waals surface area contributed by atoms with Crippen molar-refractivity contribution in [2.24, 2.45) is 5.73 Å². The Morgan fingerprint density at radius 2 is 1.89 bits per heavy atom. The molecule has 98 valence electrons. The second-order valence-electron chi connectivity index (χ2n) is 4.80. The summed E-state index contributed by atoms with van der Waals surface area (Å²) in [6, 6.07) is 3.58. The standard InChI is InChI=1S/C14H21N3O/c15-11-13-10-12(6-7-16-13)14(18)17-8-4-2-1-3-5-9-17/h6-7,10H,1-5,8-9,11,15H2. The Hall–Kier alpha value is -1.42. The Kier molecular flexibility index (Phi) is 4.70. The molecule has 1 aliphatic rings. The zero-order valence-corrected chi connectivity index (χ0v) is 10.8. The molecule has 0 spiro atoms.